The van der Waals surface area contributed by atoms with Crippen molar-refractivity contribution < 1.29 is 0 Å². The van der Waals surface area contributed by atoms with E-state index in [1.165, 1.54) is 6.33 Å². The summed E-state index contributed by atoms with van der Waals surface area (Å²) in [7, 11) is 3.67. The number of halogens is 2. The molecular weight excluding hydrogens is 299 g/mol. The van der Waals surface area contributed by atoms with E-state index in [1.807, 2.05) is 14.1 Å². The lowest BCUT2D eigenvalue weighted by molar-refractivity contribution is 0.492. The van der Waals surface area contributed by atoms with Gasteiger partial charge in [-0.05, 0) is 12.1 Å². The fraction of sp³-hybridized carbons (Fsp3) is 0.167. The predicted octanol–water partition coefficient (Wildman–Crippen LogP) is 3.00. The predicted molar refractivity (Wildman–Crippen MR) is 83.5 cm³/mol. The van der Waals surface area contributed by atoms with Crippen LogP contribution in [0.2, 0.25) is 10.0 Å². The fourth-order valence-corrected chi connectivity index (χ4v) is 1.87. The van der Waals surface area contributed by atoms with Crippen LogP contribution in [0, 0.1) is 0 Å². The van der Waals surface area contributed by atoms with Crippen LogP contribution in [-0.4, -0.2) is 29.1 Å². The lowest BCUT2D eigenvalue weighted by Crippen LogP contribution is -2.21. The largest absolute Gasteiger partial charge is 0.393 e. The maximum Gasteiger partial charge on any atom is 0.169 e. The molecule has 2 aromatic rings. The average Bonchev–Trinajstić information content (AvgIpc) is 2.39. The first-order valence-corrected chi connectivity index (χ1v) is 6.50. The molecule has 0 aliphatic rings. The minimum Gasteiger partial charge on any atom is -0.393 e. The summed E-state index contributed by atoms with van der Waals surface area (Å²) in [4.78, 5) is 8.18. The van der Waals surface area contributed by atoms with Gasteiger partial charge in [0.1, 0.15) is 12.0 Å². The van der Waals surface area contributed by atoms with Crippen molar-refractivity contribution in [3.63, 3.8) is 0 Å². The highest BCUT2D eigenvalue weighted by Gasteiger charge is 2.11. The van der Waals surface area contributed by atoms with Gasteiger partial charge in [-0.25, -0.2) is 15.0 Å². The number of nitrogens with zero attached hydrogens (tertiary/aromatic N) is 3. The standard InChI is InChI=1S/C12H14Cl2N6/c1-20(2)19-12-10(15)11(16-6-17-12)18-8-5-3-4-7(13)9(8)14/h3-6H,15H2,1-2H3,(H2,16,17,18,19). The van der Waals surface area contributed by atoms with Gasteiger partial charge in [0.2, 0.25) is 0 Å². The second kappa shape index (κ2) is 6.13. The Morgan fingerprint density at radius 1 is 1.15 bits per heavy atom. The summed E-state index contributed by atoms with van der Waals surface area (Å²) in [6, 6.07) is 5.28. The van der Waals surface area contributed by atoms with Crippen LogP contribution < -0.4 is 16.5 Å². The van der Waals surface area contributed by atoms with Crippen LogP contribution >= 0.6 is 23.2 Å². The second-order valence-electron chi connectivity index (χ2n) is 4.22. The monoisotopic (exact) mass is 312 g/mol. The van der Waals surface area contributed by atoms with Crippen molar-refractivity contribution in [1.29, 1.82) is 0 Å². The van der Waals surface area contributed by atoms with Crippen molar-refractivity contribution in [2.75, 3.05) is 30.6 Å². The van der Waals surface area contributed by atoms with Crippen LogP contribution in [0.25, 0.3) is 0 Å². The molecular formula is C12H14Cl2N6. The lowest BCUT2D eigenvalue weighted by Gasteiger charge is -2.16. The third-order valence-corrected chi connectivity index (χ3v) is 3.24. The first kappa shape index (κ1) is 14.6. The molecule has 0 bridgehead atoms. The zero-order chi connectivity index (χ0) is 14.7. The summed E-state index contributed by atoms with van der Waals surface area (Å²) >= 11 is 12.1. The van der Waals surface area contributed by atoms with Gasteiger partial charge in [-0.15, -0.1) is 0 Å². The molecule has 106 valence electrons. The molecule has 0 aliphatic heterocycles. The van der Waals surface area contributed by atoms with E-state index in [9.17, 15) is 0 Å². The summed E-state index contributed by atoms with van der Waals surface area (Å²) in [5.41, 5.74) is 10.0. The SMILES string of the molecule is CN(C)Nc1ncnc(Nc2cccc(Cl)c2Cl)c1N. The van der Waals surface area contributed by atoms with Gasteiger partial charge in [0.15, 0.2) is 11.6 Å². The molecule has 0 unspecified atom stereocenters. The molecule has 0 radical (unpaired) electrons. The Balaban J connectivity index is 2.32. The van der Waals surface area contributed by atoms with Crippen molar-refractivity contribution in [3.05, 3.63) is 34.6 Å². The molecule has 0 spiro atoms. The van der Waals surface area contributed by atoms with Crippen LogP contribution in [0.4, 0.5) is 23.0 Å². The van der Waals surface area contributed by atoms with E-state index in [0.29, 0.717) is 33.1 Å². The topological polar surface area (TPSA) is 79.1 Å². The smallest absolute Gasteiger partial charge is 0.169 e. The van der Waals surface area contributed by atoms with Crippen LogP contribution in [0.1, 0.15) is 0 Å². The molecule has 0 saturated heterocycles. The molecule has 1 heterocycles. The number of hydrazine groups is 1. The summed E-state index contributed by atoms with van der Waals surface area (Å²) in [6.07, 6.45) is 1.41. The quantitative estimate of drug-likeness (QED) is 0.753. The van der Waals surface area contributed by atoms with Crippen LogP contribution in [0.15, 0.2) is 24.5 Å². The van der Waals surface area contributed by atoms with Gasteiger partial charge >= 0.3 is 0 Å². The van der Waals surface area contributed by atoms with Crippen molar-refractivity contribution in [2.24, 2.45) is 0 Å². The number of anilines is 4. The van der Waals surface area contributed by atoms with Gasteiger partial charge < -0.3 is 16.5 Å². The Hall–Kier alpha value is -1.76. The molecule has 8 heteroatoms. The van der Waals surface area contributed by atoms with Gasteiger partial charge in [-0.1, -0.05) is 29.3 Å². The number of nitrogens with two attached hydrogens (primary N) is 1. The maximum absolute atomic E-state index is 6.12. The normalized spacial score (nSPS) is 10.7. The Morgan fingerprint density at radius 2 is 1.85 bits per heavy atom. The second-order valence-corrected chi connectivity index (χ2v) is 5.00. The van der Waals surface area contributed by atoms with E-state index in [1.54, 1.807) is 23.2 Å². The summed E-state index contributed by atoms with van der Waals surface area (Å²) in [6.45, 7) is 0. The van der Waals surface area contributed by atoms with Gasteiger partial charge in [0.25, 0.3) is 0 Å². The third-order valence-electron chi connectivity index (χ3n) is 2.42. The van der Waals surface area contributed by atoms with Crippen LogP contribution in [0.3, 0.4) is 0 Å². The number of rotatable bonds is 4. The fourth-order valence-electron chi connectivity index (χ4n) is 1.52. The highest BCUT2D eigenvalue weighted by atomic mass is 35.5. The van der Waals surface area contributed by atoms with Crippen molar-refractivity contribution in [3.8, 4) is 0 Å². The molecule has 20 heavy (non-hydrogen) atoms. The number of hydrogen-bond acceptors (Lipinski definition) is 6. The first-order valence-electron chi connectivity index (χ1n) is 5.74. The van der Waals surface area contributed by atoms with Crippen molar-refractivity contribution in [2.45, 2.75) is 0 Å². The number of aromatic nitrogens is 2. The number of nitrogens with one attached hydrogen (secondary N) is 2. The molecule has 2 rings (SSSR count). The van der Waals surface area contributed by atoms with Gasteiger partial charge in [0.05, 0.1) is 15.7 Å². The molecule has 0 amide bonds. The minimum atomic E-state index is 0.386. The molecule has 0 fully saturated rings. The lowest BCUT2D eigenvalue weighted by atomic mass is 10.3. The molecule has 0 aliphatic carbocycles. The number of hydrogen-bond donors (Lipinski definition) is 3. The Bertz CT molecular complexity index is 617. The van der Waals surface area contributed by atoms with E-state index < -0.39 is 0 Å². The molecule has 0 atom stereocenters. The van der Waals surface area contributed by atoms with E-state index in [-0.39, 0.29) is 0 Å². The van der Waals surface area contributed by atoms with E-state index in [2.05, 4.69) is 20.7 Å². The Morgan fingerprint density at radius 3 is 2.55 bits per heavy atom. The number of nitrogen functional groups attached to an aromatic ring is 1. The van der Waals surface area contributed by atoms with Crippen molar-refractivity contribution >= 4 is 46.2 Å². The molecule has 0 saturated carbocycles. The van der Waals surface area contributed by atoms with Crippen LogP contribution in [0.5, 0.6) is 0 Å². The summed E-state index contributed by atoms with van der Waals surface area (Å²) in [5, 5.41) is 5.64. The minimum absolute atomic E-state index is 0.386. The summed E-state index contributed by atoms with van der Waals surface area (Å²) in [5.74, 6) is 0.958. The molecule has 4 N–H and O–H groups in total. The van der Waals surface area contributed by atoms with Crippen LogP contribution in [-0.2, 0) is 0 Å². The van der Waals surface area contributed by atoms with E-state index in [0.717, 1.165) is 0 Å². The maximum atomic E-state index is 6.12. The van der Waals surface area contributed by atoms with Gasteiger partial charge in [-0.3, -0.25) is 0 Å². The first-order chi connectivity index (χ1) is 9.49. The van der Waals surface area contributed by atoms with Gasteiger partial charge in [0, 0.05) is 14.1 Å². The number of benzene rings is 1. The highest BCUT2D eigenvalue weighted by Crippen LogP contribution is 2.33. The zero-order valence-corrected chi connectivity index (χ0v) is 12.5. The average molecular weight is 313 g/mol. The third kappa shape index (κ3) is 3.22. The Kier molecular flexibility index (Phi) is 4.49. The zero-order valence-electron chi connectivity index (χ0n) is 11.0. The van der Waals surface area contributed by atoms with E-state index in [4.69, 9.17) is 28.9 Å². The van der Waals surface area contributed by atoms with Crippen molar-refractivity contribution in [1.82, 2.24) is 15.0 Å². The summed E-state index contributed by atoms with van der Waals surface area (Å²) < 4.78 is 0. The molecule has 1 aromatic heterocycles. The Labute approximate surface area is 126 Å². The molecule has 6 nitrogen and oxygen atoms in total. The van der Waals surface area contributed by atoms with Gasteiger partial charge in [-0.2, -0.15) is 0 Å². The molecule has 1 aromatic carbocycles. The van der Waals surface area contributed by atoms with E-state index >= 15 is 0 Å². The highest BCUT2D eigenvalue weighted by molar-refractivity contribution is 6.43.